The largest absolute Gasteiger partial charge is 0.489 e. The van der Waals surface area contributed by atoms with Gasteiger partial charge in [0.05, 0.1) is 5.52 Å². The third-order valence-electron chi connectivity index (χ3n) is 2.89. The Morgan fingerprint density at radius 1 is 1.31 bits per heavy atom. The van der Waals surface area contributed by atoms with E-state index >= 15 is 0 Å². The van der Waals surface area contributed by atoms with Gasteiger partial charge in [-0.1, -0.05) is 6.07 Å². The summed E-state index contributed by atoms with van der Waals surface area (Å²) in [5, 5.41) is 4.42. The molecule has 1 aliphatic heterocycles. The molecule has 0 bridgehead atoms. The second kappa shape index (κ2) is 4.10. The lowest BCUT2D eigenvalue weighted by Crippen LogP contribution is -2.19. The third kappa shape index (κ3) is 1.86. The van der Waals surface area contributed by atoms with Crippen molar-refractivity contribution < 1.29 is 4.74 Å². The van der Waals surface area contributed by atoms with Crippen LogP contribution in [0.3, 0.4) is 0 Å². The molecule has 1 aromatic heterocycles. The van der Waals surface area contributed by atoms with Crippen LogP contribution < -0.4 is 10.1 Å². The van der Waals surface area contributed by atoms with Gasteiger partial charge in [0.25, 0.3) is 0 Å². The average Bonchev–Trinajstić information content (AvgIpc) is 2.82. The molecule has 3 heteroatoms. The number of nitrogens with one attached hydrogen (secondary N) is 1. The van der Waals surface area contributed by atoms with Crippen molar-refractivity contribution in [3.63, 3.8) is 0 Å². The minimum absolute atomic E-state index is 0.314. The van der Waals surface area contributed by atoms with E-state index in [0.717, 1.165) is 36.2 Å². The molecule has 2 aromatic rings. The molecule has 1 fully saturated rings. The number of hydrogen-bond acceptors (Lipinski definition) is 3. The molecular formula is C13H14N2O. The molecule has 1 aliphatic rings. The molecule has 1 aromatic carbocycles. The van der Waals surface area contributed by atoms with E-state index < -0.39 is 0 Å². The molecule has 1 unspecified atom stereocenters. The van der Waals surface area contributed by atoms with Crippen LogP contribution in [0.5, 0.6) is 5.75 Å². The first-order valence-electron chi connectivity index (χ1n) is 5.64. The van der Waals surface area contributed by atoms with E-state index in [2.05, 4.69) is 22.4 Å². The molecule has 1 saturated heterocycles. The molecule has 3 rings (SSSR count). The summed E-state index contributed by atoms with van der Waals surface area (Å²) in [7, 11) is 0. The van der Waals surface area contributed by atoms with Crippen molar-refractivity contribution in [1.82, 2.24) is 10.3 Å². The van der Waals surface area contributed by atoms with E-state index in [1.807, 2.05) is 24.4 Å². The van der Waals surface area contributed by atoms with Crippen LogP contribution in [0.4, 0.5) is 0 Å². The van der Waals surface area contributed by atoms with Crippen LogP contribution in [0.2, 0.25) is 0 Å². The monoisotopic (exact) mass is 214 g/mol. The summed E-state index contributed by atoms with van der Waals surface area (Å²) in [4.78, 5) is 4.29. The van der Waals surface area contributed by atoms with Gasteiger partial charge in [-0.25, -0.2) is 0 Å². The summed E-state index contributed by atoms with van der Waals surface area (Å²) in [6.45, 7) is 2.00. The van der Waals surface area contributed by atoms with Gasteiger partial charge >= 0.3 is 0 Å². The first kappa shape index (κ1) is 9.60. The topological polar surface area (TPSA) is 34.1 Å². The molecule has 0 amide bonds. The number of nitrogens with zero attached hydrogens (tertiary/aromatic N) is 1. The van der Waals surface area contributed by atoms with Crippen LogP contribution in [-0.4, -0.2) is 24.2 Å². The van der Waals surface area contributed by atoms with Gasteiger partial charge in [-0.15, -0.1) is 0 Å². The maximum atomic E-state index is 5.89. The summed E-state index contributed by atoms with van der Waals surface area (Å²) in [5.41, 5.74) is 1.01. The second-order valence-corrected chi connectivity index (χ2v) is 4.09. The molecule has 0 aliphatic carbocycles. The highest BCUT2D eigenvalue weighted by Gasteiger charge is 2.15. The number of hydrogen-bond donors (Lipinski definition) is 1. The number of fused-ring (bicyclic) bond motifs is 1. The molecule has 82 valence electrons. The second-order valence-electron chi connectivity index (χ2n) is 4.09. The molecule has 0 saturated carbocycles. The number of aromatic nitrogens is 1. The van der Waals surface area contributed by atoms with Crippen molar-refractivity contribution >= 4 is 10.9 Å². The van der Waals surface area contributed by atoms with Crippen LogP contribution >= 0.6 is 0 Å². The van der Waals surface area contributed by atoms with Gasteiger partial charge in [0.15, 0.2) is 0 Å². The summed E-state index contributed by atoms with van der Waals surface area (Å²) in [6.07, 6.45) is 3.21. The molecule has 0 spiro atoms. The highest BCUT2D eigenvalue weighted by atomic mass is 16.5. The van der Waals surface area contributed by atoms with E-state index in [1.165, 1.54) is 0 Å². The number of ether oxygens (including phenoxy) is 1. The quantitative estimate of drug-likeness (QED) is 0.830. The lowest BCUT2D eigenvalue weighted by molar-refractivity contribution is 0.223. The normalized spacial score (nSPS) is 20.1. The van der Waals surface area contributed by atoms with Crippen molar-refractivity contribution in [3.05, 3.63) is 36.5 Å². The van der Waals surface area contributed by atoms with E-state index in [1.54, 1.807) is 0 Å². The first-order valence-corrected chi connectivity index (χ1v) is 5.64. The molecule has 16 heavy (non-hydrogen) atoms. The predicted octanol–water partition coefficient (Wildman–Crippen LogP) is 1.98. The molecular weight excluding hydrogens is 200 g/mol. The van der Waals surface area contributed by atoms with Crippen LogP contribution in [0.15, 0.2) is 36.5 Å². The van der Waals surface area contributed by atoms with Crippen molar-refractivity contribution in [2.24, 2.45) is 0 Å². The maximum Gasteiger partial charge on any atom is 0.120 e. The molecule has 1 N–H and O–H groups in total. The van der Waals surface area contributed by atoms with Crippen molar-refractivity contribution in [1.29, 1.82) is 0 Å². The zero-order valence-electron chi connectivity index (χ0n) is 9.02. The Morgan fingerprint density at radius 3 is 3.19 bits per heavy atom. The predicted molar refractivity (Wildman–Crippen MR) is 63.6 cm³/mol. The smallest absolute Gasteiger partial charge is 0.120 e. The summed E-state index contributed by atoms with van der Waals surface area (Å²) in [5.74, 6) is 0.939. The van der Waals surface area contributed by atoms with Crippen molar-refractivity contribution in [3.8, 4) is 5.75 Å². The van der Waals surface area contributed by atoms with Gasteiger partial charge in [0.1, 0.15) is 11.9 Å². The standard InChI is InChI=1S/C13H14N2O/c1-2-10-8-11(3-4-13(10)15-6-1)16-12-5-7-14-9-12/h1-4,6,8,12,14H,5,7,9H2. The Labute approximate surface area is 94.5 Å². The Hall–Kier alpha value is -1.61. The van der Waals surface area contributed by atoms with Gasteiger partial charge in [-0.05, 0) is 37.2 Å². The van der Waals surface area contributed by atoms with Gasteiger partial charge in [-0.3, -0.25) is 4.98 Å². The van der Waals surface area contributed by atoms with Crippen LogP contribution in [-0.2, 0) is 0 Å². The highest BCUT2D eigenvalue weighted by molar-refractivity contribution is 5.79. The Kier molecular flexibility index (Phi) is 2.46. The van der Waals surface area contributed by atoms with Gasteiger partial charge in [-0.2, -0.15) is 0 Å². The Morgan fingerprint density at radius 2 is 2.31 bits per heavy atom. The van der Waals surface area contributed by atoms with Gasteiger partial charge < -0.3 is 10.1 Å². The fourth-order valence-electron chi connectivity index (χ4n) is 2.05. The minimum Gasteiger partial charge on any atom is -0.489 e. The fraction of sp³-hybridized carbons (Fsp3) is 0.308. The van der Waals surface area contributed by atoms with Gasteiger partial charge in [0.2, 0.25) is 0 Å². The SMILES string of the molecule is c1cnc2ccc(OC3CCNC3)cc2c1. The summed E-state index contributed by atoms with van der Waals surface area (Å²) >= 11 is 0. The average molecular weight is 214 g/mol. The van der Waals surface area contributed by atoms with Crippen molar-refractivity contribution in [2.45, 2.75) is 12.5 Å². The molecule has 1 atom stereocenters. The molecule has 3 nitrogen and oxygen atoms in total. The zero-order valence-corrected chi connectivity index (χ0v) is 9.02. The molecule has 2 heterocycles. The third-order valence-corrected chi connectivity index (χ3v) is 2.89. The van der Waals surface area contributed by atoms with E-state index in [0.29, 0.717) is 6.10 Å². The van der Waals surface area contributed by atoms with E-state index in [9.17, 15) is 0 Å². The number of rotatable bonds is 2. The van der Waals surface area contributed by atoms with Crippen LogP contribution in [0, 0.1) is 0 Å². The first-order chi connectivity index (χ1) is 7.92. The number of benzene rings is 1. The van der Waals surface area contributed by atoms with E-state index in [4.69, 9.17) is 4.74 Å². The van der Waals surface area contributed by atoms with Crippen LogP contribution in [0.1, 0.15) is 6.42 Å². The minimum atomic E-state index is 0.314. The van der Waals surface area contributed by atoms with E-state index in [-0.39, 0.29) is 0 Å². The Bertz CT molecular complexity index is 492. The zero-order chi connectivity index (χ0) is 10.8. The highest BCUT2D eigenvalue weighted by Crippen LogP contribution is 2.21. The van der Waals surface area contributed by atoms with Gasteiger partial charge in [0, 0.05) is 18.1 Å². The summed E-state index contributed by atoms with van der Waals surface area (Å²) in [6, 6.07) is 10.1. The Balaban J connectivity index is 1.86. The lowest BCUT2D eigenvalue weighted by Gasteiger charge is -2.12. The van der Waals surface area contributed by atoms with Crippen molar-refractivity contribution in [2.75, 3.05) is 13.1 Å². The fourth-order valence-corrected chi connectivity index (χ4v) is 2.05. The summed E-state index contributed by atoms with van der Waals surface area (Å²) < 4.78 is 5.89. The number of pyridine rings is 1. The molecule has 0 radical (unpaired) electrons. The van der Waals surface area contributed by atoms with Crippen LogP contribution in [0.25, 0.3) is 10.9 Å². The lowest BCUT2D eigenvalue weighted by atomic mass is 10.2. The maximum absolute atomic E-state index is 5.89.